The first-order valence-corrected chi connectivity index (χ1v) is 14.5. The summed E-state index contributed by atoms with van der Waals surface area (Å²) in [5.74, 6) is -4.31. The lowest BCUT2D eigenvalue weighted by Crippen LogP contribution is -2.60. The highest BCUT2D eigenvalue weighted by Gasteiger charge is 2.48. The van der Waals surface area contributed by atoms with Crippen molar-refractivity contribution in [2.75, 3.05) is 35.4 Å². The number of rotatable bonds is 9. The molecule has 2 rings (SSSR count). The van der Waals surface area contributed by atoms with Crippen LogP contribution >= 0.6 is 0 Å². The number of esters is 3. The summed E-state index contributed by atoms with van der Waals surface area (Å²) in [6.07, 6.45) is 1.62. The zero-order valence-corrected chi connectivity index (χ0v) is 27.8. The first kappa shape index (κ1) is 37.0. The Labute approximate surface area is 247 Å². The number of aldehydes is 1. The van der Waals surface area contributed by atoms with Gasteiger partial charge in [0.25, 0.3) is 0 Å². The van der Waals surface area contributed by atoms with Crippen molar-refractivity contribution >= 4 is 24.2 Å². The van der Waals surface area contributed by atoms with Crippen LogP contribution in [0.15, 0.2) is 0 Å². The van der Waals surface area contributed by atoms with E-state index in [0.717, 1.165) is 0 Å². The van der Waals surface area contributed by atoms with E-state index in [0.29, 0.717) is 32.0 Å². The van der Waals surface area contributed by atoms with Crippen LogP contribution in [0.25, 0.3) is 0 Å². The summed E-state index contributed by atoms with van der Waals surface area (Å²) in [6.45, 7) is 16.8. The van der Waals surface area contributed by atoms with Gasteiger partial charge in [-0.05, 0) is 69.5 Å². The van der Waals surface area contributed by atoms with E-state index in [1.165, 1.54) is 7.11 Å². The molecule has 0 aliphatic carbocycles. The third-order valence-electron chi connectivity index (χ3n) is 9.16. The van der Waals surface area contributed by atoms with Crippen molar-refractivity contribution < 1.29 is 38.1 Å². The van der Waals surface area contributed by atoms with Gasteiger partial charge >= 0.3 is 17.9 Å². The van der Waals surface area contributed by atoms with E-state index < -0.39 is 35.8 Å². The highest BCUT2D eigenvalue weighted by molar-refractivity contribution is 5.87. The smallest absolute Gasteiger partial charge is 0.310 e. The number of likely N-dealkylation sites (tertiary alicyclic amines) is 2. The largest absolute Gasteiger partial charge is 0.469 e. The molecule has 0 spiro atoms. The van der Waals surface area contributed by atoms with Gasteiger partial charge in [-0.2, -0.15) is 0 Å². The maximum atomic E-state index is 13.6. The average Bonchev–Trinajstić information content (AvgIpc) is 2.82. The summed E-state index contributed by atoms with van der Waals surface area (Å²) >= 11 is 0. The van der Waals surface area contributed by atoms with Crippen molar-refractivity contribution in [3.8, 4) is 0 Å². The Kier molecular flexibility index (Phi) is 13.0. The molecule has 41 heavy (non-hydrogen) atoms. The van der Waals surface area contributed by atoms with Crippen LogP contribution < -0.4 is 0 Å². The van der Waals surface area contributed by atoms with Crippen molar-refractivity contribution in [3.63, 3.8) is 0 Å². The number of nitrogens with zero attached hydrogens (tertiary/aromatic N) is 2. The highest BCUT2D eigenvalue weighted by atomic mass is 16.6. The monoisotopic (exact) mass is 584 g/mol. The summed E-state index contributed by atoms with van der Waals surface area (Å²) in [4.78, 5) is 55.6. The molecule has 0 aromatic carbocycles. The van der Waals surface area contributed by atoms with Gasteiger partial charge in [-0.15, -0.1) is 0 Å². The normalized spacial score (nSPS) is 23.7. The third-order valence-corrected chi connectivity index (χ3v) is 9.16. The molecule has 2 fully saturated rings. The fraction of sp³-hybridized carbons (Fsp3) is 0.871. The SMILES string of the molecule is COC.COC(=O)CC(C(=O)OC1CC(C)(C)N(C)C(C)(C)C1)C(CC=O)C(=O)OC1CC(C)(C)N(C)C(C)(C)C1. The molecule has 0 saturated carbocycles. The summed E-state index contributed by atoms with van der Waals surface area (Å²) in [6, 6.07) is 0. The Morgan fingerprint density at radius 3 is 1.32 bits per heavy atom. The molecule has 2 saturated heterocycles. The van der Waals surface area contributed by atoms with Crippen LogP contribution in [0.4, 0.5) is 0 Å². The van der Waals surface area contributed by atoms with Crippen LogP contribution in [0.2, 0.25) is 0 Å². The molecule has 2 aliphatic rings. The first-order valence-electron chi connectivity index (χ1n) is 14.5. The van der Waals surface area contributed by atoms with Gasteiger partial charge < -0.3 is 23.7 Å². The molecule has 0 N–H and O–H groups in total. The fourth-order valence-electron chi connectivity index (χ4n) is 6.41. The van der Waals surface area contributed by atoms with Crippen molar-refractivity contribution in [1.29, 1.82) is 0 Å². The van der Waals surface area contributed by atoms with Crippen LogP contribution in [0, 0.1) is 11.8 Å². The molecule has 2 atom stereocenters. The van der Waals surface area contributed by atoms with E-state index in [4.69, 9.17) is 14.2 Å². The van der Waals surface area contributed by atoms with Gasteiger partial charge in [0.1, 0.15) is 18.5 Å². The first-order chi connectivity index (χ1) is 18.7. The highest BCUT2D eigenvalue weighted by Crippen LogP contribution is 2.40. The second-order valence-electron chi connectivity index (χ2n) is 14.1. The van der Waals surface area contributed by atoms with Gasteiger partial charge in [-0.25, -0.2) is 0 Å². The van der Waals surface area contributed by atoms with Crippen molar-refractivity contribution in [3.05, 3.63) is 0 Å². The molecule has 0 aromatic rings. The van der Waals surface area contributed by atoms with E-state index in [2.05, 4.69) is 84.0 Å². The summed E-state index contributed by atoms with van der Waals surface area (Å²) in [5.41, 5.74) is -0.880. The third kappa shape index (κ3) is 9.75. The minimum absolute atomic E-state index is 0.217. The Hall–Kier alpha value is -2.04. The Morgan fingerprint density at radius 2 is 1.02 bits per heavy atom. The van der Waals surface area contributed by atoms with Crippen molar-refractivity contribution in [2.45, 2.75) is 128 Å². The van der Waals surface area contributed by atoms with Gasteiger partial charge in [-0.3, -0.25) is 24.2 Å². The number of carbonyl (C=O) groups excluding carboxylic acids is 4. The van der Waals surface area contributed by atoms with Gasteiger partial charge in [0.05, 0.1) is 25.4 Å². The Morgan fingerprint density at radius 1 is 0.707 bits per heavy atom. The van der Waals surface area contributed by atoms with E-state index >= 15 is 0 Å². The lowest BCUT2D eigenvalue weighted by atomic mass is 9.78. The van der Waals surface area contributed by atoms with Crippen LogP contribution in [0.1, 0.15) is 93.9 Å². The predicted octanol–water partition coefficient (Wildman–Crippen LogP) is 4.02. The summed E-state index contributed by atoms with van der Waals surface area (Å²) in [7, 11) is 8.59. The van der Waals surface area contributed by atoms with Crippen molar-refractivity contribution in [2.24, 2.45) is 11.8 Å². The number of carbonyl (C=O) groups is 4. The molecule has 0 radical (unpaired) electrons. The summed E-state index contributed by atoms with van der Waals surface area (Å²) < 4.78 is 21.0. The molecule has 238 valence electrons. The zero-order chi connectivity index (χ0) is 32.0. The van der Waals surface area contributed by atoms with E-state index in [1.807, 2.05) is 0 Å². The van der Waals surface area contributed by atoms with E-state index in [-0.39, 0.29) is 41.1 Å². The summed E-state index contributed by atoms with van der Waals surface area (Å²) in [5, 5.41) is 0. The predicted molar refractivity (Wildman–Crippen MR) is 157 cm³/mol. The quantitative estimate of drug-likeness (QED) is 0.224. The van der Waals surface area contributed by atoms with Gasteiger partial charge in [-0.1, -0.05) is 0 Å². The molecule has 10 heteroatoms. The van der Waals surface area contributed by atoms with Crippen LogP contribution in [0.5, 0.6) is 0 Å². The maximum Gasteiger partial charge on any atom is 0.310 e. The molecule has 0 amide bonds. The molecule has 2 heterocycles. The van der Waals surface area contributed by atoms with Gasteiger partial charge in [0.15, 0.2) is 0 Å². The average molecular weight is 585 g/mol. The fourth-order valence-corrected chi connectivity index (χ4v) is 6.41. The number of ether oxygens (including phenoxy) is 4. The van der Waals surface area contributed by atoms with Crippen LogP contribution in [-0.4, -0.2) is 104 Å². The minimum atomic E-state index is -1.18. The Bertz CT molecular complexity index is 878. The lowest BCUT2D eigenvalue weighted by Gasteiger charge is -2.53. The second-order valence-corrected chi connectivity index (χ2v) is 14.1. The van der Waals surface area contributed by atoms with Gasteiger partial charge in [0, 0.05) is 68.5 Å². The number of piperidine rings is 2. The molecule has 2 unspecified atom stereocenters. The van der Waals surface area contributed by atoms with Gasteiger partial charge in [0.2, 0.25) is 0 Å². The van der Waals surface area contributed by atoms with Crippen LogP contribution in [-0.2, 0) is 38.1 Å². The molecular formula is C31H56N2O8. The standard InChI is InChI=1S/C29H50N2O7.C2H6O/c1-26(2)15-19(16-27(3,4)30(26)9)37-24(34)21(12-13-32)22(14-23(33)36-11)25(35)38-20-17-28(5,6)31(10)29(7,8)18-20;1-3-2/h13,19-22H,12,14-18H2,1-11H3;1-2H3. The number of hydrogen-bond acceptors (Lipinski definition) is 10. The van der Waals surface area contributed by atoms with E-state index in [1.54, 1.807) is 14.2 Å². The lowest BCUT2D eigenvalue weighted by molar-refractivity contribution is -0.178. The minimum Gasteiger partial charge on any atom is -0.469 e. The molecule has 0 bridgehead atoms. The second kappa shape index (κ2) is 14.4. The van der Waals surface area contributed by atoms with Crippen LogP contribution in [0.3, 0.4) is 0 Å². The molecule has 0 aromatic heterocycles. The molecule has 2 aliphatic heterocycles. The number of hydrogen-bond donors (Lipinski definition) is 0. The van der Waals surface area contributed by atoms with E-state index in [9.17, 15) is 19.2 Å². The maximum absolute atomic E-state index is 13.6. The molecule has 10 nitrogen and oxygen atoms in total. The Balaban J connectivity index is 0.00000268. The topological polar surface area (TPSA) is 112 Å². The number of methoxy groups -OCH3 is 2. The zero-order valence-electron chi connectivity index (χ0n) is 27.8. The van der Waals surface area contributed by atoms with Crippen molar-refractivity contribution in [1.82, 2.24) is 9.80 Å². The molecular weight excluding hydrogens is 528 g/mol.